The van der Waals surface area contributed by atoms with Crippen LogP contribution in [0, 0.1) is 5.82 Å². The summed E-state index contributed by atoms with van der Waals surface area (Å²) in [4.78, 5) is 26.6. The summed E-state index contributed by atoms with van der Waals surface area (Å²) < 4.78 is 13.8. The van der Waals surface area contributed by atoms with E-state index in [1.807, 2.05) is 11.9 Å². The molecule has 0 radical (unpaired) electrons. The molecule has 0 atom stereocenters. The number of hydrogen-bond donors (Lipinski definition) is 0. The molecule has 1 aromatic carbocycles. The Kier molecular flexibility index (Phi) is 4.44. The number of carbonyl (C=O) groups is 2. The number of carbonyl (C=O) groups excluding carboxylic acids is 2. The van der Waals surface area contributed by atoms with Gasteiger partial charge in [-0.25, -0.2) is 4.39 Å². The first-order valence-corrected chi connectivity index (χ1v) is 7.63. The van der Waals surface area contributed by atoms with E-state index < -0.39 is 11.7 Å². The van der Waals surface area contributed by atoms with Gasteiger partial charge in [0, 0.05) is 25.7 Å². The minimum atomic E-state index is -0.633. The number of aromatic nitrogens is 2. The zero-order valence-corrected chi connectivity index (χ0v) is 13.6. The Morgan fingerprint density at radius 2 is 2.08 bits per heavy atom. The molecule has 6 nitrogen and oxygen atoms in total. The maximum Gasteiger partial charge on any atom is 0.256 e. The minimum absolute atomic E-state index is 0.0572. The Labute approximate surface area is 142 Å². The summed E-state index contributed by atoms with van der Waals surface area (Å²) in [6, 6.07) is 7.18. The zero-order valence-electron chi connectivity index (χ0n) is 12.8. The molecule has 0 unspecified atom stereocenters. The first-order chi connectivity index (χ1) is 11.5. The average Bonchev–Trinajstić information content (AvgIpc) is 2.54. The molecule has 1 aliphatic heterocycles. The van der Waals surface area contributed by atoms with E-state index in [0.717, 1.165) is 6.07 Å². The lowest BCUT2D eigenvalue weighted by Gasteiger charge is -2.44. The van der Waals surface area contributed by atoms with E-state index in [0.29, 0.717) is 30.3 Å². The van der Waals surface area contributed by atoms with Crippen LogP contribution in [0.4, 0.5) is 10.2 Å². The summed E-state index contributed by atoms with van der Waals surface area (Å²) in [5, 5.41) is 8.08. The molecule has 1 saturated heterocycles. The van der Waals surface area contributed by atoms with Gasteiger partial charge in [-0.2, -0.15) is 0 Å². The van der Waals surface area contributed by atoms with E-state index in [1.165, 1.54) is 17.0 Å². The first kappa shape index (κ1) is 16.3. The smallest absolute Gasteiger partial charge is 0.256 e. The second kappa shape index (κ2) is 6.52. The fourth-order valence-electron chi connectivity index (χ4n) is 2.50. The number of likely N-dealkylation sites (N-methyl/N-ethyl adjacent to an activating group) is 1. The molecule has 124 valence electrons. The van der Waals surface area contributed by atoms with Gasteiger partial charge in [-0.15, -0.1) is 10.2 Å². The molecule has 8 heteroatoms. The highest BCUT2D eigenvalue weighted by atomic mass is 35.5. The number of likely N-dealkylation sites (tertiary alicyclic amines) is 1. The summed E-state index contributed by atoms with van der Waals surface area (Å²) >= 11 is 5.71. The van der Waals surface area contributed by atoms with Gasteiger partial charge in [0.15, 0.2) is 11.0 Å². The van der Waals surface area contributed by atoms with Crippen molar-refractivity contribution in [1.82, 2.24) is 15.1 Å². The van der Waals surface area contributed by atoms with Crippen molar-refractivity contribution in [3.63, 3.8) is 0 Å². The molecule has 0 N–H and O–H groups in total. The molecule has 3 rings (SSSR count). The van der Waals surface area contributed by atoms with Crippen LogP contribution in [0.25, 0.3) is 0 Å². The van der Waals surface area contributed by atoms with Gasteiger partial charge in [-0.3, -0.25) is 9.59 Å². The van der Waals surface area contributed by atoms with Crippen LogP contribution in [-0.4, -0.2) is 53.5 Å². The van der Waals surface area contributed by atoms with Crippen LogP contribution in [0.15, 0.2) is 30.3 Å². The summed E-state index contributed by atoms with van der Waals surface area (Å²) in [7, 11) is 1.85. The van der Waals surface area contributed by atoms with Gasteiger partial charge in [0.1, 0.15) is 12.1 Å². The van der Waals surface area contributed by atoms with Crippen molar-refractivity contribution >= 4 is 29.6 Å². The van der Waals surface area contributed by atoms with E-state index >= 15 is 0 Å². The number of hydrogen-bond acceptors (Lipinski definition) is 5. The van der Waals surface area contributed by atoms with Crippen LogP contribution in [0.5, 0.6) is 0 Å². The highest BCUT2D eigenvalue weighted by Crippen LogP contribution is 2.22. The Balaban J connectivity index is 1.66. The fraction of sp³-hybridized carbons (Fsp3) is 0.250. The van der Waals surface area contributed by atoms with Gasteiger partial charge in [0.2, 0.25) is 0 Å². The van der Waals surface area contributed by atoms with Crippen molar-refractivity contribution in [2.75, 3.05) is 25.0 Å². The van der Waals surface area contributed by atoms with Crippen molar-refractivity contribution in [2.45, 2.75) is 6.04 Å². The molecule has 2 heterocycles. The molecule has 0 aliphatic carbocycles. The summed E-state index contributed by atoms with van der Waals surface area (Å²) in [5.74, 6) is -0.417. The first-order valence-electron chi connectivity index (χ1n) is 7.25. The van der Waals surface area contributed by atoms with Crippen molar-refractivity contribution in [3.05, 3.63) is 52.4 Å². The monoisotopic (exact) mass is 348 g/mol. The molecule has 0 saturated carbocycles. The number of aldehydes is 1. The standard InChI is InChI=1S/C16H14ClFN4O2/c1-21(15-5-4-14(17)19-20-15)11-7-22(8-11)16(24)12-6-10(9-23)2-3-13(12)18/h2-6,9,11H,7-8H2,1H3. The van der Waals surface area contributed by atoms with Crippen LogP contribution in [0.2, 0.25) is 5.15 Å². The second-order valence-corrected chi connectivity index (χ2v) is 5.93. The highest BCUT2D eigenvalue weighted by molar-refractivity contribution is 6.29. The Morgan fingerprint density at radius 1 is 1.33 bits per heavy atom. The summed E-state index contributed by atoms with van der Waals surface area (Å²) in [6.07, 6.45) is 0.585. The number of amides is 1. The van der Waals surface area contributed by atoms with Crippen LogP contribution in [0.1, 0.15) is 20.7 Å². The zero-order chi connectivity index (χ0) is 17.3. The maximum absolute atomic E-state index is 13.8. The third kappa shape index (κ3) is 3.07. The van der Waals surface area contributed by atoms with E-state index in [9.17, 15) is 14.0 Å². The SMILES string of the molecule is CN(c1ccc(Cl)nn1)C1CN(C(=O)c2cc(C=O)ccc2F)C1. The van der Waals surface area contributed by atoms with Crippen molar-refractivity contribution in [3.8, 4) is 0 Å². The van der Waals surface area contributed by atoms with Crippen molar-refractivity contribution in [1.29, 1.82) is 0 Å². The summed E-state index contributed by atoms with van der Waals surface area (Å²) in [5.41, 5.74) is 0.178. The number of nitrogens with zero attached hydrogens (tertiary/aromatic N) is 4. The van der Waals surface area contributed by atoms with Gasteiger partial charge in [0.05, 0.1) is 11.6 Å². The molecule has 24 heavy (non-hydrogen) atoms. The Bertz CT molecular complexity index is 778. The van der Waals surface area contributed by atoms with Gasteiger partial charge in [-0.1, -0.05) is 11.6 Å². The van der Waals surface area contributed by atoms with E-state index in [-0.39, 0.29) is 17.2 Å². The molecule has 1 aliphatic rings. The van der Waals surface area contributed by atoms with Gasteiger partial charge < -0.3 is 9.80 Å². The van der Waals surface area contributed by atoms with E-state index in [2.05, 4.69) is 10.2 Å². The fourth-order valence-corrected chi connectivity index (χ4v) is 2.60. The lowest BCUT2D eigenvalue weighted by molar-refractivity contribution is 0.0598. The maximum atomic E-state index is 13.8. The number of anilines is 1. The quantitative estimate of drug-likeness (QED) is 0.791. The molecular formula is C16H14ClFN4O2. The predicted molar refractivity (Wildman–Crippen MR) is 86.9 cm³/mol. The molecule has 1 fully saturated rings. The van der Waals surface area contributed by atoms with Crippen LogP contribution in [-0.2, 0) is 0 Å². The van der Waals surface area contributed by atoms with Gasteiger partial charge in [-0.05, 0) is 30.3 Å². The average molecular weight is 349 g/mol. The number of halogens is 2. The third-order valence-electron chi connectivity index (χ3n) is 4.03. The number of benzene rings is 1. The molecule has 2 aromatic rings. The minimum Gasteiger partial charge on any atom is -0.352 e. The van der Waals surface area contributed by atoms with Crippen LogP contribution < -0.4 is 4.90 Å². The molecule has 0 bridgehead atoms. The lowest BCUT2D eigenvalue weighted by Crippen LogP contribution is -2.60. The molecule has 0 spiro atoms. The Morgan fingerprint density at radius 3 is 2.71 bits per heavy atom. The highest BCUT2D eigenvalue weighted by Gasteiger charge is 2.35. The molecule has 1 amide bonds. The topological polar surface area (TPSA) is 66.4 Å². The summed E-state index contributed by atoms with van der Waals surface area (Å²) in [6.45, 7) is 0.870. The van der Waals surface area contributed by atoms with Crippen molar-refractivity contribution in [2.24, 2.45) is 0 Å². The third-order valence-corrected chi connectivity index (χ3v) is 4.23. The largest absolute Gasteiger partial charge is 0.352 e. The van der Waals surface area contributed by atoms with E-state index in [1.54, 1.807) is 12.1 Å². The van der Waals surface area contributed by atoms with Crippen LogP contribution in [0.3, 0.4) is 0 Å². The lowest BCUT2D eigenvalue weighted by atomic mass is 10.0. The normalized spacial score (nSPS) is 14.2. The van der Waals surface area contributed by atoms with Crippen molar-refractivity contribution < 1.29 is 14.0 Å². The van der Waals surface area contributed by atoms with Crippen LogP contribution >= 0.6 is 11.6 Å². The van der Waals surface area contributed by atoms with Gasteiger partial charge in [0.25, 0.3) is 5.91 Å². The number of rotatable bonds is 4. The van der Waals surface area contributed by atoms with E-state index in [4.69, 9.17) is 11.6 Å². The molecule has 1 aromatic heterocycles. The second-order valence-electron chi connectivity index (χ2n) is 5.55. The molecular weight excluding hydrogens is 335 g/mol. The predicted octanol–water partition coefficient (Wildman–Crippen LogP) is 2.04. The van der Waals surface area contributed by atoms with Gasteiger partial charge >= 0.3 is 0 Å². The Hall–Kier alpha value is -2.54.